The molecule has 0 aliphatic carbocycles. The van der Waals surface area contributed by atoms with Crippen molar-refractivity contribution in [2.45, 2.75) is 57.3 Å². The smallest absolute Gasteiger partial charge is 0.243 e. The van der Waals surface area contributed by atoms with Gasteiger partial charge in [-0.05, 0) is 43.9 Å². The van der Waals surface area contributed by atoms with Gasteiger partial charge in [0.25, 0.3) is 0 Å². The molecule has 1 aromatic carbocycles. The average Bonchev–Trinajstić information content (AvgIpc) is 2.63. The number of piperidine rings is 1. The third-order valence-electron chi connectivity index (χ3n) is 4.81. The fraction of sp³-hybridized carbons (Fsp3) is 0.632. The van der Waals surface area contributed by atoms with Crippen LogP contribution in [0.3, 0.4) is 0 Å². The highest BCUT2D eigenvalue weighted by Gasteiger charge is 2.27. The number of hydrogen-bond donors (Lipinski definition) is 1. The van der Waals surface area contributed by atoms with Crippen molar-refractivity contribution in [1.82, 2.24) is 4.31 Å². The van der Waals surface area contributed by atoms with E-state index in [1.54, 1.807) is 19.1 Å². The van der Waals surface area contributed by atoms with Gasteiger partial charge in [-0.2, -0.15) is 4.31 Å². The average molecular weight is 431 g/mol. The number of sulfone groups is 1. The molecule has 9 heteroatoms. The van der Waals surface area contributed by atoms with E-state index in [1.165, 1.54) is 10.4 Å². The summed E-state index contributed by atoms with van der Waals surface area (Å²) in [7, 11) is -7.11. The van der Waals surface area contributed by atoms with Crippen molar-refractivity contribution in [3.63, 3.8) is 0 Å². The van der Waals surface area contributed by atoms with Gasteiger partial charge in [-0.15, -0.1) is 0 Å². The van der Waals surface area contributed by atoms with E-state index in [0.29, 0.717) is 25.1 Å². The van der Waals surface area contributed by atoms with Gasteiger partial charge in [0.15, 0.2) is 9.84 Å². The molecule has 1 aromatic rings. The summed E-state index contributed by atoms with van der Waals surface area (Å²) in [5.41, 5.74) is 0.880. The second-order valence-electron chi connectivity index (χ2n) is 7.29. The zero-order valence-electron chi connectivity index (χ0n) is 16.6. The highest BCUT2D eigenvalue weighted by molar-refractivity contribution is 7.92. The summed E-state index contributed by atoms with van der Waals surface area (Å²) in [5, 5.41) is 2.53. The predicted molar refractivity (Wildman–Crippen MR) is 111 cm³/mol. The quantitative estimate of drug-likeness (QED) is 0.607. The van der Waals surface area contributed by atoms with Crippen LogP contribution < -0.4 is 5.32 Å². The highest BCUT2D eigenvalue weighted by atomic mass is 32.2. The lowest BCUT2D eigenvalue weighted by Crippen LogP contribution is -2.36. The van der Waals surface area contributed by atoms with E-state index in [9.17, 15) is 21.6 Å². The number of anilines is 1. The highest BCUT2D eigenvalue weighted by Crippen LogP contribution is 2.26. The zero-order valence-corrected chi connectivity index (χ0v) is 18.2. The lowest BCUT2D eigenvalue weighted by Gasteiger charge is -2.26. The van der Waals surface area contributed by atoms with E-state index in [2.05, 4.69) is 5.32 Å². The molecule has 0 bridgehead atoms. The zero-order chi connectivity index (χ0) is 20.8. The largest absolute Gasteiger partial charge is 0.325 e. The molecule has 0 saturated carbocycles. The number of nitrogens with zero attached hydrogens (tertiary/aromatic N) is 1. The first-order valence-corrected chi connectivity index (χ1v) is 13.0. The van der Waals surface area contributed by atoms with Crippen LogP contribution in [-0.4, -0.2) is 51.6 Å². The Morgan fingerprint density at radius 1 is 1.07 bits per heavy atom. The molecule has 1 aliphatic rings. The number of nitrogens with one attached hydrogen (secondary N) is 1. The van der Waals surface area contributed by atoms with Crippen molar-refractivity contribution >= 4 is 31.5 Å². The number of benzene rings is 1. The third kappa shape index (κ3) is 6.28. The normalized spacial score (nSPS) is 16.1. The van der Waals surface area contributed by atoms with Gasteiger partial charge in [-0.3, -0.25) is 4.79 Å². The maximum absolute atomic E-state index is 12.9. The SMILES string of the molecule is CCCCCS(=O)(=O)CC(=O)Nc1ccc(C)c(S(=O)(=O)N2CCCCC2)c1. The second-order valence-corrected chi connectivity index (χ2v) is 11.4. The van der Waals surface area contributed by atoms with Crippen molar-refractivity contribution < 1.29 is 21.6 Å². The summed E-state index contributed by atoms with van der Waals surface area (Å²) in [6.45, 7) is 4.68. The standard InChI is InChI=1S/C19H30N2O5S2/c1-3-4-8-13-27(23,24)15-19(22)20-17-10-9-16(2)18(14-17)28(25,26)21-11-6-5-7-12-21/h9-10,14H,3-8,11-13,15H2,1-2H3,(H,20,22). The summed E-state index contributed by atoms with van der Waals surface area (Å²) in [4.78, 5) is 12.3. The van der Waals surface area contributed by atoms with Gasteiger partial charge in [0.1, 0.15) is 5.75 Å². The Morgan fingerprint density at radius 2 is 1.75 bits per heavy atom. The van der Waals surface area contributed by atoms with Crippen LogP contribution in [0.5, 0.6) is 0 Å². The van der Waals surface area contributed by atoms with Crippen LogP contribution in [0.25, 0.3) is 0 Å². The Balaban J connectivity index is 2.11. The van der Waals surface area contributed by atoms with Gasteiger partial charge >= 0.3 is 0 Å². The fourth-order valence-electron chi connectivity index (χ4n) is 3.24. The first-order chi connectivity index (χ1) is 13.2. The maximum atomic E-state index is 12.9. The number of sulfonamides is 1. The van der Waals surface area contributed by atoms with E-state index in [-0.39, 0.29) is 16.3 Å². The minimum atomic E-state index is -3.64. The fourth-order valence-corrected chi connectivity index (χ4v) is 6.27. The van der Waals surface area contributed by atoms with Crippen LogP contribution in [0.1, 0.15) is 51.0 Å². The van der Waals surface area contributed by atoms with Crippen molar-refractivity contribution in [3.05, 3.63) is 23.8 Å². The number of amides is 1. The van der Waals surface area contributed by atoms with Crippen molar-refractivity contribution in [3.8, 4) is 0 Å². The summed E-state index contributed by atoms with van der Waals surface area (Å²) >= 11 is 0. The van der Waals surface area contributed by atoms with Crippen LogP contribution in [0.15, 0.2) is 23.1 Å². The molecule has 158 valence electrons. The number of aryl methyl sites for hydroxylation is 1. The Hall–Kier alpha value is -1.45. The first kappa shape index (κ1) is 22.8. The Labute approximate surface area is 168 Å². The predicted octanol–water partition coefficient (Wildman–Crippen LogP) is 2.71. The topological polar surface area (TPSA) is 101 Å². The second kappa shape index (κ2) is 9.84. The molecule has 1 aliphatic heterocycles. The monoisotopic (exact) mass is 430 g/mol. The summed E-state index contributed by atoms with van der Waals surface area (Å²) < 4.78 is 51.4. The minimum absolute atomic E-state index is 0.0171. The van der Waals surface area contributed by atoms with Gasteiger partial charge in [-0.1, -0.05) is 32.3 Å². The molecule has 0 unspecified atom stereocenters. The lowest BCUT2D eigenvalue weighted by molar-refractivity contribution is -0.113. The molecular weight excluding hydrogens is 400 g/mol. The van der Waals surface area contributed by atoms with Gasteiger partial charge in [0, 0.05) is 18.8 Å². The number of carbonyl (C=O) groups is 1. The minimum Gasteiger partial charge on any atom is -0.325 e. The van der Waals surface area contributed by atoms with Gasteiger partial charge in [0.05, 0.1) is 10.6 Å². The molecule has 1 amide bonds. The van der Waals surface area contributed by atoms with Crippen LogP contribution >= 0.6 is 0 Å². The first-order valence-electron chi connectivity index (χ1n) is 9.77. The summed E-state index contributed by atoms with van der Waals surface area (Å²) in [6.07, 6.45) is 4.94. The molecule has 1 N–H and O–H groups in total. The Morgan fingerprint density at radius 3 is 2.39 bits per heavy atom. The number of unbranched alkanes of at least 4 members (excludes halogenated alkanes) is 2. The molecule has 28 heavy (non-hydrogen) atoms. The number of rotatable bonds is 9. The lowest BCUT2D eigenvalue weighted by atomic mass is 10.2. The van der Waals surface area contributed by atoms with E-state index in [0.717, 1.165) is 32.1 Å². The van der Waals surface area contributed by atoms with E-state index < -0.39 is 31.5 Å². The third-order valence-corrected chi connectivity index (χ3v) is 8.47. The van der Waals surface area contributed by atoms with Gasteiger partial charge in [0.2, 0.25) is 15.9 Å². The van der Waals surface area contributed by atoms with E-state index >= 15 is 0 Å². The molecule has 0 aromatic heterocycles. The number of carbonyl (C=O) groups excluding carboxylic acids is 1. The molecule has 1 fully saturated rings. The van der Waals surface area contributed by atoms with Crippen LogP contribution in [-0.2, 0) is 24.7 Å². The van der Waals surface area contributed by atoms with Crippen molar-refractivity contribution in [2.24, 2.45) is 0 Å². The van der Waals surface area contributed by atoms with E-state index in [4.69, 9.17) is 0 Å². The molecular formula is C19H30N2O5S2. The molecule has 0 spiro atoms. The molecule has 1 heterocycles. The van der Waals surface area contributed by atoms with Gasteiger partial charge in [-0.25, -0.2) is 16.8 Å². The Kier molecular flexibility index (Phi) is 8.03. The van der Waals surface area contributed by atoms with Crippen LogP contribution in [0, 0.1) is 6.92 Å². The number of hydrogen-bond acceptors (Lipinski definition) is 5. The maximum Gasteiger partial charge on any atom is 0.243 e. The Bertz CT molecular complexity index is 889. The molecule has 7 nitrogen and oxygen atoms in total. The molecule has 0 radical (unpaired) electrons. The molecule has 0 atom stereocenters. The van der Waals surface area contributed by atoms with Gasteiger partial charge < -0.3 is 5.32 Å². The molecule has 2 rings (SSSR count). The summed E-state index contributed by atoms with van der Waals surface area (Å²) in [6, 6.07) is 4.63. The van der Waals surface area contributed by atoms with Crippen LogP contribution in [0.4, 0.5) is 5.69 Å². The summed E-state index contributed by atoms with van der Waals surface area (Å²) in [5.74, 6) is -1.27. The van der Waals surface area contributed by atoms with E-state index in [1.807, 2.05) is 6.92 Å². The van der Waals surface area contributed by atoms with Crippen molar-refractivity contribution in [2.75, 3.05) is 29.9 Å². The van der Waals surface area contributed by atoms with Crippen LogP contribution in [0.2, 0.25) is 0 Å². The molecule has 1 saturated heterocycles. The van der Waals surface area contributed by atoms with Crippen molar-refractivity contribution in [1.29, 1.82) is 0 Å².